The number of thiophene rings is 1. The number of fused-ring (bicyclic) bond motifs is 9. The Morgan fingerprint density at radius 2 is 1.29 bits per heavy atom. The van der Waals surface area contributed by atoms with E-state index in [0.717, 1.165) is 43.3 Å². The zero-order valence-corrected chi connectivity index (χ0v) is 25.5. The fourth-order valence-corrected chi connectivity index (χ4v) is 8.15. The Kier molecular flexibility index (Phi) is 5.74. The smallest absolute Gasteiger partial charge is 0.235 e. The van der Waals surface area contributed by atoms with Crippen LogP contribution in [0.1, 0.15) is 6.92 Å². The summed E-state index contributed by atoms with van der Waals surface area (Å²) in [6.07, 6.45) is 2.20. The third kappa shape index (κ3) is 3.83. The van der Waals surface area contributed by atoms with Crippen LogP contribution in [-0.2, 0) is 0 Å². The van der Waals surface area contributed by atoms with Crippen molar-refractivity contribution in [3.8, 4) is 28.3 Å². The summed E-state index contributed by atoms with van der Waals surface area (Å²) in [6, 6.07) is 44.9. The van der Waals surface area contributed by atoms with Crippen molar-refractivity contribution in [3.05, 3.63) is 137 Å². The molecule has 0 bridgehead atoms. The van der Waals surface area contributed by atoms with E-state index in [0.29, 0.717) is 5.95 Å². The van der Waals surface area contributed by atoms with Gasteiger partial charge in [0.25, 0.3) is 0 Å². The Morgan fingerprint density at radius 3 is 2.11 bits per heavy atom. The van der Waals surface area contributed by atoms with Crippen LogP contribution in [0.4, 0.5) is 0 Å². The Labute approximate surface area is 263 Å². The second kappa shape index (κ2) is 9.98. The standard InChI is InChI=1S/C41H27N3S/c1-3-29-25(2)45-40-36(29)30-18-7-8-19-31(30)39-37(40)33-21-10-12-23-35(33)44(39)41-42-34-22-11-9-20-32(34)38(43-41)28-17-13-16-27(24-28)26-14-5-4-6-15-26/h3-24H,2H2,1H3/b29-3+. The molecule has 0 saturated heterocycles. The highest BCUT2D eigenvalue weighted by molar-refractivity contribution is 7.18. The predicted octanol–water partition coefficient (Wildman–Crippen LogP) is 9.64. The van der Waals surface area contributed by atoms with Crippen LogP contribution in [0.5, 0.6) is 0 Å². The third-order valence-corrected chi connectivity index (χ3v) is 9.98. The largest absolute Gasteiger partial charge is 0.277 e. The monoisotopic (exact) mass is 593 g/mol. The number of nitrogens with zero attached hydrogens (tertiary/aromatic N) is 3. The molecule has 0 N–H and O–H groups in total. The lowest BCUT2D eigenvalue weighted by Gasteiger charge is -2.13. The zero-order chi connectivity index (χ0) is 30.1. The highest BCUT2D eigenvalue weighted by atomic mass is 32.1. The minimum atomic E-state index is 0.665. The first-order valence-electron chi connectivity index (χ1n) is 15.2. The van der Waals surface area contributed by atoms with Crippen LogP contribution in [0, 0.1) is 0 Å². The molecule has 0 atom stereocenters. The van der Waals surface area contributed by atoms with E-state index in [1.807, 2.05) is 0 Å². The Morgan fingerprint density at radius 1 is 0.622 bits per heavy atom. The first kappa shape index (κ1) is 25.9. The van der Waals surface area contributed by atoms with Crippen LogP contribution in [-0.4, -0.2) is 14.5 Å². The van der Waals surface area contributed by atoms with Crippen LogP contribution >= 0.6 is 11.3 Å². The van der Waals surface area contributed by atoms with Crippen molar-refractivity contribution in [1.29, 1.82) is 0 Å². The molecule has 9 aromatic rings. The summed E-state index contributed by atoms with van der Waals surface area (Å²) in [7, 11) is 0. The number of hydrogen-bond donors (Lipinski definition) is 0. The summed E-state index contributed by atoms with van der Waals surface area (Å²) >= 11 is 1.78. The SMILES string of the molecule is C=c1sc2c(/c1=C/C)c1ccccc1c1c2c2ccccc2n1-c1nc(-c2cccc(-c3ccccc3)c2)c2ccccc2n1. The zero-order valence-electron chi connectivity index (χ0n) is 24.7. The van der Waals surface area contributed by atoms with Gasteiger partial charge in [-0.15, -0.1) is 11.3 Å². The van der Waals surface area contributed by atoms with Gasteiger partial charge in [0.2, 0.25) is 5.95 Å². The Hall–Kier alpha value is -5.58. The van der Waals surface area contributed by atoms with E-state index in [9.17, 15) is 0 Å². The molecule has 212 valence electrons. The minimum Gasteiger partial charge on any atom is -0.277 e. The molecule has 9 rings (SSSR count). The van der Waals surface area contributed by atoms with Crippen LogP contribution in [0.3, 0.4) is 0 Å². The molecule has 0 amide bonds. The van der Waals surface area contributed by atoms with Gasteiger partial charge in [-0.3, -0.25) is 4.57 Å². The van der Waals surface area contributed by atoms with Crippen molar-refractivity contribution in [1.82, 2.24) is 14.5 Å². The van der Waals surface area contributed by atoms with E-state index in [1.165, 1.54) is 42.4 Å². The number of aromatic nitrogens is 3. The summed E-state index contributed by atoms with van der Waals surface area (Å²) in [6.45, 7) is 6.56. The summed E-state index contributed by atoms with van der Waals surface area (Å²) in [5.74, 6) is 0.665. The fraction of sp³-hybridized carbons (Fsp3) is 0.0244. The average molecular weight is 594 g/mol. The van der Waals surface area contributed by atoms with Gasteiger partial charge in [0.05, 0.1) is 22.2 Å². The lowest BCUT2D eigenvalue weighted by molar-refractivity contribution is 1.02. The van der Waals surface area contributed by atoms with Crippen molar-refractivity contribution in [2.75, 3.05) is 0 Å². The topological polar surface area (TPSA) is 30.7 Å². The van der Waals surface area contributed by atoms with E-state index in [2.05, 4.69) is 152 Å². The van der Waals surface area contributed by atoms with E-state index < -0.39 is 0 Å². The van der Waals surface area contributed by atoms with Crippen molar-refractivity contribution in [3.63, 3.8) is 0 Å². The molecule has 0 fully saturated rings. The van der Waals surface area contributed by atoms with Gasteiger partial charge in [-0.25, -0.2) is 9.97 Å². The molecule has 4 heteroatoms. The molecule has 3 aromatic heterocycles. The van der Waals surface area contributed by atoms with Crippen LogP contribution in [0.25, 0.3) is 94.6 Å². The first-order chi connectivity index (χ1) is 22.2. The molecular formula is C41H27N3S. The van der Waals surface area contributed by atoms with Gasteiger partial charge in [-0.2, -0.15) is 0 Å². The van der Waals surface area contributed by atoms with Gasteiger partial charge >= 0.3 is 0 Å². The Balaban J connectivity index is 1.43. The maximum Gasteiger partial charge on any atom is 0.235 e. The summed E-state index contributed by atoms with van der Waals surface area (Å²) in [4.78, 5) is 10.7. The predicted molar refractivity (Wildman–Crippen MR) is 193 cm³/mol. The number of benzene rings is 6. The van der Waals surface area contributed by atoms with Crippen molar-refractivity contribution < 1.29 is 0 Å². The van der Waals surface area contributed by atoms with Crippen molar-refractivity contribution in [2.45, 2.75) is 6.92 Å². The molecule has 6 aromatic carbocycles. The van der Waals surface area contributed by atoms with Gasteiger partial charge in [-0.05, 0) is 46.9 Å². The van der Waals surface area contributed by atoms with Crippen LogP contribution < -0.4 is 9.75 Å². The van der Waals surface area contributed by atoms with Gasteiger partial charge in [0.1, 0.15) is 0 Å². The molecule has 0 spiro atoms. The number of para-hydroxylation sites is 2. The summed E-state index contributed by atoms with van der Waals surface area (Å²) < 4.78 is 4.62. The lowest BCUT2D eigenvalue weighted by Crippen LogP contribution is -2.15. The molecule has 0 saturated carbocycles. The molecule has 45 heavy (non-hydrogen) atoms. The second-order valence-corrected chi connectivity index (χ2v) is 12.5. The number of hydrogen-bond acceptors (Lipinski definition) is 3. The number of rotatable bonds is 3. The van der Waals surface area contributed by atoms with Crippen LogP contribution in [0.2, 0.25) is 0 Å². The van der Waals surface area contributed by atoms with Gasteiger partial charge < -0.3 is 0 Å². The van der Waals surface area contributed by atoms with E-state index in [1.54, 1.807) is 11.3 Å². The van der Waals surface area contributed by atoms with Gasteiger partial charge in [-0.1, -0.05) is 122 Å². The van der Waals surface area contributed by atoms with Gasteiger partial charge in [0.15, 0.2) is 0 Å². The average Bonchev–Trinajstić information content (AvgIpc) is 3.63. The molecule has 0 unspecified atom stereocenters. The molecule has 0 aliphatic carbocycles. The minimum absolute atomic E-state index is 0.665. The van der Waals surface area contributed by atoms with Crippen molar-refractivity contribution in [2.24, 2.45) is 0 Å². The normalized spacial score (nSPS) is 12.3. The molecule has 3 nitrogen and oxygen atoms in total. The van der Waals surface area contributed by atoms with Crippen molar-refractivity contribution >= 4 is 77.6 Å². The van der Waals surface area contributed by atoms with E-state index in [-0.39, 0.29) is 0 Å². The molecular weight excluding hydrogens is 567 g/mol. The molecule has 0 radical (unpaired) electrons. The maximum atomic E-state index is 5.41. The summed E-state index contributed by atoms with van der Waals surface area (Å²) in [5, 5.41) is 8.34. The molecule has 0 aliphatic heterocycles. The molecule has 0 aliphatic rings. The summed E-state index contributed by atoms with van der Waals surface area (Å²) in [5.41, 5.74) is 7.45. The highest BCUT2D eigenvalue weighted by Gasteiger charge is 2.22. The van der Waals surface area contributed by atoms with E-state index in [4.69, 9.17) is 9.97 Å². The second-order valence-electron chi connectivity index (χ2n) is 11.4. The quantitative estimate of drug-likeness (QED) is 0.204. The van der Waals surface area contributed by atoms with Gasteiger partial charge in [0, 0.05) is 41.7 Å². The van der Waals surface area contributed by atoms with E-state index >= 15 is 0 Å². The first-order valence-corrected chi connectivity index (χ1v) is 16.0. The molecule has 3 heterocycles. The fourth-order valence-electron chi connectivity index (χ4n) is 6.94. The van der Waals surface area contributed by atoms with Crippen LogP contribution in [0.15, 0.2) is 127 Å². The third-order valence-electron chi connectivity index (χ3n) is 8.90. The Bertz CT molecular complexity index is 2740. The lowest BCUT2D eigenvalue weighted by atomic mass is 10.00. The maximum absolute atomic E-state index is 5.41. The highest BCUT2D eigenvalue weighted by Crippen LogP contribution is 2.42.